The van der Waals surface area contributed by atoms with Gasteiger partial charge in [0, 0.05) is 18.7 Å². The van der Waals surface area contributed by atoms with Crippen LogP contribution in [0.1, 0.15) is 18.4 Å². The summed E-state index contributed by atoms with van der Waals surface area (Å²) in [5.41, 5.74) is 1.03. The number of ether oxygens (including phenoxy) is 2. The molecule has 18 heavy (non-hydrogen) atoms. The van der Waals surface area contributed by atoms with Gasteiger partial charge in [0.15, 0.2) is 11.5 Å². The first-order valence-electron chi connectivity index (χ1n) is 6.23. The molecule has 0 aromatic heterocycles. The summed E-state index contributed by atoms with van der Waals surface area (Å²) < 4.78 is 10.8. The first-order valence-corrected chi connectivity index (χ1v) is 6.23. The van der Waals surface area contributed by atoms with Crippen LogP contribution in [0, 0.1) is 0 Å². The number of benzene rings is 1. The second-order valence-corrected chi connectivity index (χ2v) is 4.52. The molecule has 1 aromatic carbocycles. The number of carbonyl (C=O) groups excluding carboxylic acids is 1. The number of piperidine rings is 1. The number of para-hydroxylation sites is 1. The number of nitrogens with one attached hydrogen (secondary N) is 2. The Labute approximate surface area is 105 Å². The molecule has 5 nitrogen and oxygen atoms in total. The lowest BCUT2D eigenvalue weighted by Crippen LogP contribution is -2.47. The molecule has 2 N–H and O–H groups in total. The molecule has 0 aliphatic carbocycles. The highest BCUT2D eigenvalue weighted by Gasteiger charge is 2.23. The maximum Gasteiger partial charge on any atom is 0.237 e. The summed E-state index contributed by atoms with van der Waals surface area (Å²) in [6.07, 6.45) is 1.91. The Kier molecular flexibility index (Phi) is 3.06. The molecule has 0 saturated carbocycles. The lowest BCUT2D eigenvalue weighted by atomic mass is 10.1. The zero-order valence-electron chi connectivity index (χ0n) is 10.1. The molecule has 2 aliphatic heterocycles. The highest BCUT2D eigenvalue weighted by Crippen LogP contribution is 2.35. The summed E-state index contributed by atoms with van der Waals surface area (Å²) in [4.78, 5) is 11.6. The smallest absolute Gasteiger partial charge is 0.237 e. The van der Waals surface area contributed by atoms with Gasteiger partial charge in [0.1, 0.15) is 0 Å². The number of rotatable bonds is 3. The van der Waals surface area contributed by atoms with E-state index in [2.05, 4.69) is 10.6 Å². The molecule has 2 heterocycles. The van der Waals surface area contributed by atoms with Gasteiger partial charge in [-0.1, -0.05) is 12.1 Å². The molecule has 1 aromatic rings. The zero-order valence-corrected chi connectivity index (χ0v) is 10.1. The van der Waals surface area contributed by atoms with Crippen molar-refractivity contribution in [1.29, 1.82) is 0 Å². The second kappa shape index (κ2) is 4.86. The van der Waals surface area contributed by atoms with Gasteiger partial charge in [0.05, 0.1) is 6.04 Å². The highest BCUT2D eigenvalue weighted by molar-refractivity contribution is 5.82. The minimum atomic E-state index is -0.100. The predicted octanol–water partition coefficient (Wildman–Crippen LogP) is 0.783. The third-order valence-electron chi connectivity index (χ3n) is 3.30. The lowest BCUT2D eigenvalue weighted by molar-refractivity contribution is -0.124. The monoisotopic (exact) mass is 248 g/mol. The molecule has 5 heteroatoms. The van der Waals surface area contributed by atoms with Crippen LogP contribution in [0.25, 0.3) is 0 Å². The first kappa shape index (κ1) is 11.3. The summed E-state index contributed by atoms with van der Waals surface area (Å²) in [5, 5.41) is 6.13. The van der Waals surface area contributed by atoms with Crippen molar-refractivity contribution in [1.82, 2.24) is 10.6 Å². The number of amides is 1. The zero-order chi connectivity index (χ0) is 12.4. The van der Waals surface area contributed by atoms with Crippen molar-refractivity contribution in [2.75, 3.05) is 13.3 Å². The number of hydrogen-bond acceptors (Lipinski definition) is 4. The van der Waals surface area contributed by atoms with Crippen molar-refractivity contribution in [2.45, 2.75) is 25.4 Å². The van der Waals surface area contributed by atoms with Gasteiger partial charge in [-0.25, -0.2) is 0 Å². The molecule has 0 spiro atoms. The fourth-order valence-electron chi connectivity index (χ4n) is 2.33. The fourth-order valence-corrected chi connectivity index (χ4v) is 2.33. The van der Waals surface area contributed by atoms with Gasteiger partial charge in [-0.15, -0.1) is 0 Å². The largest absolute Gasteiger partial charge is 0.454 e. The lowest BCUT2D eigenvalue weighted by Gasteiger charge is -2.23. The van der Waals surface area contributed by atoms with Crippen molar-refractivity contribution >= 4 is 5.91 Å². The topological polar surface area (TPSA) is 59.6 Å². The van der Waals surface area contributed by atoms with Gasteiger partial charge >= 0.3 is 0 Å². The standard InChI is InChI=1S/C13H16N2O3/c16-13-10(4-2-6-14-13)15-7-9-3-1-5-11-12(9)18-8-17-11/h1,3,5,10,15H,2,4,6-8H2,(H,14,16). The van der Waals surface area contributed by atoms with Gasteiger partial charge < -0.3 is 20.1 Å². The molecular weight excluding hydrogens is 232 g/mol. The van der Waals surface area contributed by atoms with Crippen molar-refractivity contribution in [3.8, 4) is 11.5 Å². The fraction of sp³-hybridized carbons (Fsp3) is 0.462. The van der Waals surface area contributed by atoms with Crippen LogP contribution in [0.15, 0.2) is 18.2 Å². The Morgan fingerprint density at radius 3 is 3.22 bits per heavy atom. The van der Waals surface area contributed by atoms with Gasteiger partial charge in [0.25, 0.3) is 0 Å². The van der Waals surface area contributed by atoms with E-state index >= 15 is 0 Å². The third kappa shape index (κ3) is 2.13. The number of hydrogen-bond donors (Lipinski definition) is 2. The minimum absolute atomic E-state index is 0.0889. The van der Waals surface area contributed by atoms with Gasteiger partial charge in [-0.3, -0.25) is 4.79 Å². The van der Waals surface area contributed by atoms with Crippen molar-refractivity contribution < 1.29 is 14.3 Å². The van der Waals surface area contributed by atoms with E-state index in [-0.39, 0.29) is 18.7 Å². The van der Waals surface area contributed by atoms with E-state index in [0.717, 1.165) is 36.4 Å². The van der Waals surface area contributed by atoms with Crippen molar-refractivity contribution in [3.63, 3.8) is 0 Å². The predicted molar refractivity (Wildman–Crippen MR) is 65.4 cm³/mol. The molecule has 1 unspecified atom stereocenters. The van der Waals surface area contributed by atoms with E-state index in [0.29, 0.717) is 6.54 Å². The molecule has 0 radical (unpaired) electrons. The van der Waals surface area contributed by atoms with Gasteiger partial charge in [0.2, 0.25) is 12.7 Å². The van der Waals surface area contributed by atoms with E-state index in [9.17, 15) is 4.79 Å². The molecule has 1 saturated heterocycles. The van der Waals surface area contributed by atoms with Crippen molar-refractivity contribution in [3.05, 3.63) is 23.8 Å². The van der Waals surface area contributed by atoms with Gasteiger partial charge in [-0.05, 0) is 18.9 Å². The van der Waals surface area contributed by atoms with Crippen LogP contribution in [-0.2, 0) is 11.3 Å². The Morgan fingerprint density at radius 2 is 2.33 bits per heavy atom. The normalized spacial score (nSPS) is 21.8. The second-order valence-electron chi connectivity index (χ2n) is 4.52. The number of carbonyl (C=O) groups is 1. The van der Waals surface area contributed by atoms with Crippen LogP contribution < -0.4 is 20.1 Å². The Bertz CT molecular complexity index is 462. The van der Waals surface area contributed by atoms with Crippen LogP contribution in [0.2, 0.25) is 0 Å². The maximum absolute atomic E-state index is 11.6. The van der Waals surface area contributed by atoms with Crippen LogP contribution in [0.5, 0.6) is 11.5 Å². The average molecular weight is 248 g/mol. The van der Waals surface area contributed by atoms with E-state index in [1.54, 1.807) is 0 Å². The first-order chi connectivity index (χ1) is 8.84. The quantitative estimate of drug-likeness (QED) is 0.830. The third-order valence-corrected chi connectivity index (χ3v) is 3.30. The van der Waals surface area contributed by atoms with Crippen molar-refractivity contribution in [2.24, 2.45) is 0 Å². The van der Waals surface area contributed by atoms with Crippen LogP contribution in [0.3, 0.4) is 0 Å². The number of fused-ring (bicyclic) bond motifs is 1. The average Bonchev–Trinajstić information content (AvgIpc) is 2.86. The molecule has 1 fully saturated rings. The Hall–Kier alpha value is -1.75. The van der Waals surface area contributed by atoms with E-state index < -0.39 is 0 Å². The molecule has 1 amide bonds. The van der Waals surface area contributed by atoms with Crippen LogP contribution >= 0.6 is 0 Å². The van der Waals surface area contributed by atoms with Crippen LogP contribution in [-0.4, -0.2) is 25.3 Å². The molecule has 1 atom stereocenters. The SMILES string of the molecule is O=C1NCCCC1NCc1cccc2c1OCO2. The molecular formula is C13H16N2O3. The molecule has 0 bridgehead atoms. The molecule has 96 valence electrons. The van der Waals surface area contributed by atoms with E-state index in [1.165, 1.54) is 0 Å². The Balaban J connectivity index is 1.66. The van der Waals surface area contributed by atoms with E-state index in [1.807, 2.05) is 18.2 Å². The summed E-state index contributed by atoms with van der Waals surface area (Å²) in [5.74, 6) is 1.66. The summed E-state index contributed by atoms with van der Waals surface area (Å²) in [7, 11) is 0. The van der Waals surface area contributed by atoms with Gasteiger partial charge in [-0.2, -0.15) is 0 Å². The molecule has 3 rings (SSSR count). The molecule has 2 aliphatic rings. The maximum atomic E-state index is 11.6. The highest BCUT2D eigenvalue weighted by atomic mass is 16.7. The van der Waals surface area contributed by atoms with Crippen LogP contribution in [0.4, 0.5) is 0 Å². The summed E-state index contributed by atoms with van der Waals surface area (Å²) >= 11 is 0. The Morgan fingerprint density at radius 1 is 1.39 bits per heavy atom. The minimum Gasteiger partial charge on any atom is -0.454 e. The van der Waals surface area contributed by atoms with E-state index in [4.69, 9.17) is 9.47 Å². The summed E-state index contributed by atoms with van der Waals surface area (Å²) in [6, 6.07) is 5.71. The summed E-state index contributed by atoms with van der Waals surface area (Å²) in [6.45, 7) is 1.68.